The summed E-state index contributed by atoms with van der Waals surface area (Å²) < 4.78 is 17.9. The first kappa shape index (κ1) is 23.0. The Hall–Kier alpha value is -3.21. The van der Waals surface area contributed by atoms with E-state index in [2.05, 4.69) is 45.0 Å². The van der Waals surface area contributed by atoms with Gasteiger partial charge in [0, 0.05) is 17.2 Å². The van der Waals surface area contributed by atoms with Crippen molar-refractivity contribution in [3.63, 3.8) is 0 Å². The van der Waals surface area contributed by atoms with Gasteiger partial charge in [0.05, 0.1) is 31.8 Å². The minimum Gasteiger partial charge on any atom is -0.496 e. The zero-order valence-corrected chi connectivity index (χ0v) is 20.6. The largest absolute Gasteiger partial charge is 0.496 e. The first-order valence-corrected chi connectivity index (χ1v) is 11.5. The minimum absolute atomic E-state index is 0.00849. The number of hydrogen-bond donors (Lipinski definition) is 0. The average molecular weight is 448 g/mol. The van der Waals surface area contributed by atoms with Crippen LogP contribution in [0.1, 0.15) is 50.4 Å². The molecule has 0 aromatic heterocycles. The fourth-order valence-electron chi connectivity index (χ4n) is 5.22. The first-order valence-electron chi connectivity index (χ1n) is 11.5. The van der Waals surface area contributed by atoms with E-state index in [0.717, 1.165) is 63.1 Å². The van der Waals surface area contributed by atoms with Crippen molar-refractivity contribution < 1.29 is 19.0 Å². The van der Waals surface area contributed by atoms with Crippen LogP contribution >= 0.6 is 0 Å². The second-order valence-electron chi connectivity index (χ2n) is 9.12. The summed E-state index contributed by atoms with van der Waals surface area (Å²) in [4.78, 5) is 13.8. The van der Waals surface area contributed by atoms with Crippen LogP contribution in [0, 0.1) is 6.92 Å². The number of hydrogen-bond acceptors (Lipinski definition) is 4. The van der Waals surface area contributed by atoms with Gasteiger partial charge in [0.15, 0.2) is 0 Å². The molecule has 3 aromatic carbocycles. The molecule has 1 aliphatic heterocycles. The maximum atomic E-state index is 11.9. The molecule has 0 saturated heterocycles. The number of carbonyl (C=O) groups excluding carboxylic acids is 1. The number of aryl methyl sites for hydroxylation is 1. The van der Waals surface area contributed by atoms with Crippen molar-refractivity contribution in [2.75, 3.05) is 14.2 Å². The smallest absolute Gasteiger partial charge is 0.210 e. The van der Waals surface area contributed by atoms with Crippen molar-refractivity contribution in [3.8, 4) is 28.4 Å². The topological polar surface area (TPSA) is 48.0 Å². The van der Waals surface area contributed by atoms with E-state index in [9.17, 15) is 4.79 Å². The van der Waals surface area contributed by atoms with Crippen molar-refractivity contribution in [3.05, 3.63) is 53.1 Å². The normalized spacial score (nSPS) is 17.8. The van der Waals surface area contributed by atoms with Gasteiger partial charge in [-0.2, -0.15) is 0 Å². The quantitative estimate of drug-likeness (QED) is 0.430. The summed E-state index contributed by atoms with van der Waals surface area (Å²) in [6.45, 7) is 10.4. The maximum absolute atomic E-state index is 11.9. The number of nitrogens with zero attached hydrogens (tertiary/aromatic N) is 1. The number of carbonyl (C=O) groups is 1. The molecule has 0 aliphatic carbocycles. The van der Waals surface area contributed by atoms with Crippen LogP contribution in [0.2, 0.25) is 0 Å². The molecule has 1 aliphatic rings. The van der Waals surface area contributed by atoms with Crippen LogP contribution in [0.25, 0.3) is 21.9 Å². The van der Waals surface area contributed by atoms with Crippen LogP contribution in [0.15, 0.2) is 36.4 Å². The third-order valence-electron chi connectivity index (χ3n) is 6.64. The van der Waals surface area contributed by atoms with Crippen molar-refractivity contribution in [2.45, 2.75) is 59.2 Å². The van der Waals surface area contributed by atoms with Crippen LogP contribution in [-0.2, 0) is 11.2 Å². The molecule has 0 saturated carbocycles. The fraction of sp³-hybridized carbons (Fsp3) is 0.393. The van der Waals surface area contributed by atoms with Crippen molar-refractivity contribution in [1.29, 1.82) is 0 Å². The van der Waals surface area contributed by atoms with Crippen molar-refractivity contribution >= 4 is 17.2 Å². The SMILES string of the molecule is COc1cccc2c(-c3ccc4c(c3OC(C)C)[C@@H](C)N(C=O)[C@H](C)C4)c(C)cc(OC)c12. The van der Waals surface area contributed by atoms with Crippen LogP contribution in [0.5, 0.6) is 17.2 Å². The zero-order chi connectivity index (χ0) is 23.9. The molecule has 0 unspecified atom stereocenters. The van der Waals surface area contributed by atoms with Crippen LogP contribution in [0.4, 0.5) is 0 Å². The van der Waals surface area contributed by atoms with Gasteiger partial charge in [0.1, 0.15) is 17.2 Å². The van der Waals surface area contributed by atoms with Crippen LogP contribution in [0.3, 0.4) is 0 Å². The monoisotopic (exact) mass is 447 g/mol. The Bertz CT molecular complexity index is 1200. The second kappa shape index (κ2) is 8.97. The lowest BCUT2D eigenvalue weighted by atomic mass is 9.84. The van der Waals surface area contributed by atoms with E-state index in [1.807, 2.05) is 30.9 Å². The van der Waals surface area contributed by atoms with Gasteiger partial charge in [-0.25, -0.2) is 0 Å². The lowest BCUT2D eigenvalue weighted by molar-refractivity contribution is -0.122. The summed E-state index contributed by atoms with van der Waals surface area (Å²) in [5.41, 5.74) is 5.53. The van der Waals surface area contributed by atoms with Crippen LogP contribution < -0.4 is 14.2 Å². The standard InChI is InChI=1S/C28H33NO4/c1-16(2)33-28-22(12-11-20-14-18(4)29(15-30)19(5)26(20)28)25-17(3)13-24(32-7)27-21(25)9-8-10-23(27)31-6/h8-13,15-16,18-19H,14H2,1-7H3/t18-,19-/m1/s1. The number of ether oxygens (including phenoxy) is 3. The summed E-state index contributed by atoms with van der Waals surface area (Å²) >= 11 is 0. The van der Waals surface area contributed by atoms with E-state index in [1.54, 1.807) is 14.2 Å². The summed E-state index contributed by atoms with van der Waals surface area (Å²) in [5, 5.41) is 1.98. The average Bonchev–Trinajstić information content (AvgIpc) is 2.78. The van der Waals surface area contributed by atoms with Gasteiger partial charge in [-0.3, -0.25) is 4.79 Å². The molecule has 0 fully saturated rings. The lowest BCUT2D eigenvalue weighted by Crippen LogP contribution is -2.40. The number of fused-ring (bicyclic) bond motifs is 2. The maximum Gasteiger partial charge on any atom is 0.210 e. The number of amides is 1. The van der Waals surface area contributed by atoms with E-state index in [-0.39, 0.29) is 18.2 Å². The molecule has 0 radical (unpaired) electrons. The zero-order valence-electron chi connectivity index (χ0n) is 20.6. The van der Waals surface area contributed by atoms with Crippen LogP contribution in [-0.4, -0.2) is 37.7 Å². The molecule has 5 heteroatoms. The van der Waals surface area contributed by atoms with Gasteiger partial charge in [0.25, 0.3) is 0 Å². The van der Waals surface area contributed by atoms with E-state index in [0.29, 0.717) is 0 Å². The number of benzene rings is 3. The van der Waals surface area contributed by atoms with Gasteiger partial charge >= 0.3 is 0 Å². The van der Waals surface area contributed by atoms with E-state index >= 15 is 0 Å². The summed E-state index contributed by atoms with van der Waals surface area (Å²) in [7, 11) is 3.36. The van der Waals surface area contributed by atoms with E-state index < -0.39 is 0 Å². The predicted molar refractivity (Wildman–Crippen MR) is 132 cm³/mol. The van der Waals surface area contributed by atoms with Crippen molar-refractivity contribution in [2.24, 2.45) is 0 Å². The number of rotatable bonds is 6. The Balaban J connectivity index is 2.08. The number of methoxy groups -OCH3 is 2. The third-order valence-corrected chi connectivity index (χ3v) is 6.64. The molecule has 33 heavy (non-hydrogen) atoms. The Labute approximate surface area is 196 Å². The molecular formula is C28H33NO4. The summed E-state index contributed by atoms with van der Waals surface area (Å²) in [5.74, 6) is 2.40. The first-order chi connectivity index (χ1) is 15.8. The Morgan fingerprint density at radius 2 is 1.79 bits per heavy atom. The van der Waals surface area contributed by atoms with Gasteiger partial charge in [-0.05, 0) is 75.2 Å². The molecule has 2 atom stereocenters. The fourth-order valence-corrected chi connectivity index (χ4v) is 5.22. The highest BCUT2D eigenvalue weighted by atomic mass is 16.5. The minimum atomic E-state index is -0.0747. The van der Waals surface area contributed by atoms with Gasteiger partial charge in [-0.15, -0.1) is 0 Å². The molecule has 5 nitrogen and oxygen atoms in total. The van der Waals surface area contributed by atoms with Gasteiger partial charge in [-0.1, -0.05) is 24.3 Å². The van der Waals surface area contributed by atoms with Gasteiger partial charge < -0.3 is 19.1 Å². The summed E-state index contributed by atoms with van der Waals surface area (Å²) in [6, 6.07) is 12.6. The second-order valence-corrected chi connectivity index (χ2v) is 9.12. The Kier molecular flexibility index (Phi) is 6.24. The molecule has 3 aromatic rings. The molecule has 174 valence electrons. The Morgan fingerprint density at radius 1 is 1.06 bits per heavy atom. The van der Waals surface area contributed by atoms with E-state index in [4.69, 9.17) is 14.2 Å². The highest BCUT2D eigenvalue weighted by molar-refractivity contribution is 6.06. The molecule has 4 rings (SSSR count). The molecule has 0 spiro atoms. The molecule has 1 heterocycles. The Morgan fingerprint density at radius 3 is 2.42 bits per heavy atom. The summed E-state index contributed by atoms with van der Waals surface area (Å²) in [6.07, 6.45) is 1.76. The van der Waals surface area contributed by atoms with Crippen molar-refractivity contribution in [1.82, 2.24) is 4.90 Å². The predicted octanol–water partition coefficient (Wildman–Crippen LogP) is 6.08. The highest BCUT2D eigenvalue weighted by Gasteiger charge is 2.33. The molecule has 0 bridgehead atoms. The lowest BCUT2D eigenvalue weighted by Gasteiger charge is -2.39. The molecule has 1 amide bonds. The van der Waals surface area contributed by atoms with Gasteiger partial charge in [0.2, 0.25) is 6.41 Å². The third kappa shape index (κ3) is 3.79. The highest BCUT2D eigenvalue weighted by Crippen LogP contribution is 2.48. The molecule has 0 N–H and O–H groups in total. The molecular weight excluding hydrogens is 414 g/mol. The van der Waals surface area contributed by atoms with E-state index in [1.165, 1.54) is 5.56 Å².